The van der Waals surface area contributed by atoms with Gasteiger partial charge in [-0.05, 0) is 42.0 Å². The molecule has 0 bridgehead atoms. The van der Waals surface area contributed by atoms with Crippen LogP contribution in [0.25, 0.3) is 0 Å². The maximum Gasteiger partial charge on any atom is 0.240 e. The lowest BCUT2D eigenvalue weighted by molar-refractivity contribution is -0.123. The number of rotatable bonds is 5. The Kier molecular flexibility index (Phi) is 5.49. The summed E-state index contributed by atoms with van der Waals surface area (Å²) in [7, 11) is 0. The number of halogens is 1. The average Bonchev–Trinajstić information content (AvgIpc) is 2.52. The molecule has 1 N–H and O–H groups in total. The Morgan fingerprint density at radius 3 is 2.36 bits per heavy atom. The Hall–Kier alpha value is -2.40. The second-order valence-corrected chi connectivity index (χ2v) is 5.15. The number of amides is 2. The molecule has 0 fully saturated rings. The molecule has 1 aromatic heterocycles. The van der Waals surface area contributed by atoms with E-state index < -0.39 is 0 Å². The van der Waals surface area contributed by atoms with E-state index in [0.717, 1.165) is 5.56 Å². The molecule has 0 spiro atoms. The molecular formula is C16H16ClN3O2. The molecule has 1 aromatic carbocycles. The topological polar surface area (TPSA) is 62.3 Å². The van der Waals surface area contributed by atoms with E-state index in [1.54, 1.807) is 36.7 Å². The zero-order chi connectivity index (χ0) is 15.9. The molecule has 5 nitrogen and oxygen atoms in total. The zero-order valence-electron chi connectivity index (χ0n) is 12.1. The van der Waals surface area contributed by atoms with Crippen molar-refractivity contribution in [2.75, 3.05) is 11.4 Å². The van der Waals surface area contributed by atoms with Crippen LogP contribution in [0.2, 0.25) is 5.02 Å². The number of nitrogens with one attached hydrogen (secondary N) is 1. The molecule has 0 saturated carbocycles. The first-order valence-corrected chi connectivity index (χ1v) is 7.13. The molecule has 2 amide bonds. The highest BCUT2D eigenvalue weighted by Crippen LogP contribution is 2.18. The maximum absolute atomic E-state index is 12.0. The fraction of sp³-hybridized carbons (Fsp3) is 0.188. The van der Waals surface area contributed by atoms with Crippen LogP contribution in [0.3, 0.4) is 0 Å². The van der Waals surface area contributed by atoms with E-state index in [-0.39, 0.29) is 18.4 Å². The minimum absolute atomic E-state index is 0.0396. The minimum Gasteiger partial charge on any atom is -0.350 e. The molecule has 0 atom stereocenters. The lowest BCUT2D eigenvalue weighted by Crippen LogP contribution is -2.39. The van der Waals surface area contributed by atoms with E-state index in [1.807, 2.05) is 12.1 Å². The summed E-state index contributed by atoms with van der Waals surface area (Å²) < 4.78 is 0. The van der Waals surface area contributed by atoms with Gasteiger partial charge in [0.15, 0.2) is 0 Å². The SMILES string of the molecule is CC(=O)N(CC(=O)NCc1ccncc1)c1ccc(Cl)cc1. The van der Waals surface area contributed by atoms with Crippen LogP contribution < -0.4 is 10.2 Å². The average molecular weight is 318 g/mol. The summed E-state index contributed by atoms with van der Waals surface area (Å²) in [6.45, 7) is 1.78. The van der Waals surface area contributed by atoms with Crippen LogP contribution in [-0.4, -0.2) is 23.3 Å². The number of carbonyl (C=O) groups excluding carboxylic acids is 2. The van der Waals surface area contributed by atoms with Gasteiger partial charge < -0.3 is 10.2 Å². The first-order valence-electron chi connectivity index (χ1n) is 6.75. The highest BCUT2D eigenvalue weighted by atomic mass is 35.5. The van der Waals surface area contributed by atoms with Crippen LogP contribution in [-0.2, 0) is 16.1 Å². The number of aromatic nitrogens is 1. The molecule has 0 saturated heterocycles. The molecule has 0 radical (unpaired) electrons. The highest BCUT2D eigenvalue weighted by Gasteiger charge is 2.15. The van der Waals surface area contributed by atoms with E-state index >= 15 is 0 Å². The van der Waals surface area contributed by atoms with Crippen LogP contribution in [0.5, 0.6) is 0 Å². The van der Waals surface area contributed by atoms with Crippen LogP contribution in [0.15, 0.2) is 48.8 Å². The van der Waals surface area contributed by atoms with Crippen molar-refractivity contribution in [1.82, 2.24) is 10.3 Å². The normalized spacial score (nSPS) is 10.1. The molecule has 0 aliphatic rings. The third-order valence-electron chi connectivity index (χ3n) is 3.06. The molecule has 1 heterocycles. The molecule has 6 heteroatoms. The van der Waals surface area contributed by atoms with Gasteiger partial charge in [-0.1, -0.05) is 11.6 Å². The Balaban J connectivity index is 1.97. The fourth-order valence-electron chi connectivity index (χ4n) is 1.91. The molecule has 0 aliphatic carbocycles. The Morgan fingerprint density at radius 1 is 1.14 bits per heavy atom. The second-order valence-electron chi connectivity index (χ2n) is 4.71. The van der Waals surface area contributed by atoms with Crippen molar-refractivity contribution in [2.45, 2.75) is 13.5 Å². The Bertz CT molecular complexity index is 644. The number of nitrogens with zero attached hydrogens (tertiary/aromatic N) is 2. The van der Waals surface area contributed by atoms with Crippen molar-refractivity contribution < 1.29 is 9.59 Å². The lowest BCUT2D eigenvalue weighted by Gasteiger charge is -2.20. The number of anilines is 1. The molecule has 2 aromatic rings. The van der Waals surface area contributed by atoms with Gasteiger partial charge >= 0.3 is 0 Å². The van der Waals surface area contributed by atoms with Gasteiger partial charge in [-0.15, -0.1) is 0 Å². The summed E-state index contributed by atoms with van der Waals surface area (Å²) in [6.07, 6.45) is 3.33. The van der Waals surface area contributed by atoms with Gasteiger partial charge in [0.2, 0.25) is 11.8 Å². The third kappa shape index (κ3) is 4.56. The summed E-state index contributed by atoms with van der Waals surface area (Å²) >= 11 is 5.83. The molecule has 114 valence electrons. The summed E-state index contributed by atoms with van der Waals surface area (Å²) in [4.78, 5) is 29.1. The largest absolute Gasteiger partial charge is 0.350 e. The van der Waals surface area contributed by atoms with Gasteiger partial charge in [0.1, 0.15) is 6.54 Å². The van der Waals surface area contributed by atoms with E-state index in [1.165, 1.54) is 11.8 Å². The van der Waals surface area contributed by atoms with E-state index in [4.69, 9.17) is 11.6 Å². The summed E-state index contributed by atoms with van der Waals surface area (Å²) in [5, 5.41) is 3.36. The van der Waals surface area contributed by atoms with Crippen molar-refractivity contribution in [3.63, 3.8) is 0 Å². The van der Waals surface area contributed by atoms with Crippen molar-refractivity contribution in [3.05, 3.63) is 59.4 Å². The number of carbonyl (C=O) groups is 2. The molecule has 2 rings (SSSR count). The summed E-state index contributed by atoms with van der Waals surface area (Å²) in [5.41, 5.74) is 1.58. The van der Waals surface area contributed by atoms with Crippen LogP contribution in [0.1, 0.15) is 12.5 Å². The Morgan fingerprint density at radius 2 is 1.77 bits per heavy atom. The van der Waals surface area contributed by atoms with Crippen molar-refractivity contribution in [2.24, 2.45) is 0 Å². The van der Waals surface area contributed by atoms with Crippen LogP contribution in [0, 0.1) is 0 Å². The fourth-order valence-corrected chi connectivity index (χ4v) is 2.03. The van der Waals surface area contributed by atoms with Gasteiger partial charge in [0.25, 0.3) is 0 Å². The quantitative estimate of drug-likeness (QED) is 0.921. The van der Waals surface area contributed by atoms with Crippen LogP contribution in [0.4, 0.5) is 5.69 Å². The summed E-state index contributed by atoms with van der Waals surface area (Å²) in [6, 6.07) is 10.4. The monoisotopic (exact) mass is 317 g/mol. The van der Waals surface area contributed by atoms with Gasteiger partial charge in [0.05, 0.1) is 0 Å². The molecule has 0 unspecified atom stereocenters. The molecule has 22 heavy (non-hydrogen) atoms. The number of hydrogen-bond acceptors (Lipinski definition) is 3. The van der Waals surface area contributed by atoms with Crippen molar-refractivity contribution >= 4 is 29.1 Å². The van der Waals surface area contributed by atoms with Gasteiger partial charge in [0, 0.05) is 36.6 Å². The first kappa shape index (κ1) is 16.0. The molecular weight excluding hydrogens is 302 g/mol. The zero-order valence-corrected chi connectivity index (χ0v) is 12.9. The van der Waals surface area contributed by atoms with Crippen molar-refractivity contribution in [1.29, 1.82) is 0 Å². The summed E-state index contributed by atoms with van der Waals surface area (Å²) in [5.74, 6) is -0.441. The lowest BCUT2D eigenvalue weighted by atomic mass is 10.2. The van der Waals surface area contributed by atoms with Gasteiger partial charge in [-0.2, -0.15) is 0 Å². The van der Waals surface area contributed by atoms with E-state index in [9.17, 15) is 9.59 Å². The number of pyridine rings is 1. The van der Waals surface area contributed by atoms with E-state index in [0.29, 0.717) is 17.3 Å². The van der Waals surface area contributed by atoms with Crippen LogP contribution >= 0.6 is 11.6 Å². The number of hydrogen-bond donors (Lipinski definition) is 1. The smallest absolute Gasteiger partial charge is 0.240 e. The standard InChI is InChI=1S/C16H16ClN3O2/c1-12(21)20(15-4-2-14(17)3-5-15)11-16(22)19-10-13-6-8-18-9-7-13/h2-9H,10-11H2,1H3,(H,19,22). The predicted molar refractivity (Wildman–Crippen MR) is 85.6 cm³/mol. The third-order valence-corrected chi connectivity index (χ3v) is 3.31. The van der Waals surface area contributed by atoms with Gasteiger partial charge in [-0.25, -0.2) is 0 Å². The van der Waals surface area contributed by atoms with Gasteiger partial charge in [-0.3, -0.25) is 14.6 Å². The minimum atomic E-state index is -0.234. The van der Waals surface area contributed by atoms with Crippen molar-refractivity contribution in [3.8, 4) is 0 Å². The Labute approximate surface area is 133 Å². The van der Waals surface area contributed by atoms with E-state index in [2.05, 4.69) is 10.3 Å². The molecule has 0 aliphatic heterocycles. The highest BCUT2D eigenvalue weighted by molar-refractivity contribution is 6.30. The number of benzene rings is 1. The predicted octanol–water partition coefficient (Wildman–Crippen LogP) is 2.40. The maximum atomic E-state index is 12.0. The second kappa shape index (κ2) is 7.56. The first-order chi connectivity index (χ1) is 10.6.